The standard InChI is InChI=1S/C49H53F2N3O7S2.C36H37F2N3O5S/c1-7-38-39-23-27-54(63(57,58)37-19-15-33(4)16-20-37)45(39)30-42(51)48(38)61-36-18-21-41(50)40(29-36)43-24-26-53(52-43)44(14-11-25-49(5,6)32-62-31-47(56)60-9-3)35-13-10-12-34(28-35)17-22-46(55)59-8-2;1-36(2)15-4-7-33(24-6-3-5-23(19-24)8-11-34(42)43)41-17-13-31(40-41)28-20-25(9-10-29(28)37)46-35-27(14-18-47(44,45)22-36)26-12-16-39-32(26)21-30(35)38/h7,10,12-13,15-16,18-21,23-24,26-30,44H,1,8-9,11,14,17,22,25,31-32H2,2-6H3;3,5-6,9-10,12-13,16-17,19-21,33,39H,4,7-8,11,14-15,18,22H2,1-2H3,(H,42,43). The second-order valence-corrected chi connectivity index (χ2v) is 34.1. The first kappa shape index (κ1) is 80.8. The Morgan fingerprint density at radius 2 is 1.49 bits per heavy atom. The number of nitrogens with one attached hydrogen (secondary N) is 1. The number of carbonyl (C=O) groups is 3. The number of fused-ring (bicyclic) bond motifs is 9. The largest absolute Gasteiger partial charge is 0.481 e. The van der Waals surface area contributed by atoms with E-state index in [0.29, 0.717) is 90.7 Å². The topological polar surface area (TPSA) is 233 Å². The van der Waals surface area contributed by atoms with E-state index in [1.165, 1.54) is 66.9 Å². The van der Waals surface area contributed by atoms with Gasteiger partial charge < -0.3 is 29.0 Å². The van der Waals surface area contributed by atoms with Gasteiger partial charge in [0.25, 0.3) is 10.0 Å². The molecule has 11 aromatic rings. The molecular formula is C85H90F4N6O12S3. The summed E-state index contributed by atoms with van der Waals surface area (Å²) < 4.78 is 144. The van der Waals surface area contributed by atoms with Crippen molar-refractivity contribution in [3.05, 3.63) is 239 Å². The highest BCUT2D eigenvalue weighted by Crippen LogP contribution is 2.42. The molecule has 2 unspecified atom stereocenters. The van der Waals surface area contributed by atoms with Crippen molar-refractivity contribution in [3.8, 4) is 45.5 Å². The molecule has 1 aliphatic rings. The van der Waals surface area contributed by atoms with Crippen LogP contribution in [0.4, 0.5) is 17.6 Å². The predicted molar refractivity (Wildman–Crippen MR) is 421 cm³/mol. The lowest BCUT2D eigenvalue weighted by molar-refractivity contribution is -0.143. The van der Waals surface area contributed by atoms with Crippen molar-refractivity contribution in [3.63, 3.8) is 0 Å². The highest BCUT2D eigenvalue weighted by Gasteiger charge is 2.31. The van der Waals surface area contributed by atoms with Gasteiger partial charge in [-0.05, 0) is 177 Å². The minimum Gasteiger partial charge on any atom is -0.481 e. The number of benzene rings is 7. The van der Waals surface area contributed by atoms with Crippen molar-refractivity contribution in [1.82, 2.24) is 28.5 Å². The van der Waals surface area contributed by atoms with Crippen LogP contribution in [0.5, 0.6) is 23.0 Å². The van der Waals surface area contributed by atoms with Gasteiger partial charge in [0.15, 0.2) is 33.0 Å². The molecule has 0 saturated heterocycles. The quantitative estimate of drug-likeness (QED) is 0.0400. The van der Waals surface area contributed by atoms with E-state index in [4.69, 9.17) is 29.1 Å². The van der Waals surface area contributed by atoms with E-state index < -0.39 is 54.5 Å². The predicted octanol–water partition coefficient (Wildman–Crippen LogP) is 19.2. The lowest BCUT2D eigenvalue weighted by Gasteiger charge is -2.26. The molecule has 0 saturated carbocycles. The van der Waals surface area contributed by atoms with Gasteiger partial charge in [-0.1, -0.05) is 119 Å². The number of ether oxygens (including phenoxy) is 4. The summed E-state index contributed by atoms with van der Waals surface area (Å²) in [6.45, 7) is 18.2. The number of carboxylic acid groups (broad SMARTS) is 1. The summed E-state index contributed by atoms with van der Waals surface area (Å²) in [7, 11) is -7.61. The molecule has 0 radical (unpaired) electrons. The molecule has 1 aliphatic heterocycles. The number of carbonyl (C=O) groups excluding carboxylic acids is 2. The number of H-pyrrole nitrogens is 1. The zero-order chi connectivity index (χ0) is 78.7. The molecule has 578 valence electrons. The van der Waals surface area contributed by atoms with E-state index in [1.807, 2.05) is 67.9 Å². The first-order chi connectivity index (χ1) is 52.5. The van der Waals surface area contributed by atoms with Gasteiger partial charge >= 0.3 is 17.9 Å². The number of halogens is 4. The van der Waals surface area contributed by atoms with Gasteiger partial charge in [0.05, 0.1) is 64.4 Å². The third-order valence-corrected chi connectivity index (χ3v) is 24.6. The molecule has 110 heavy (non-hydrogen) atoms. The second-order valence-electron chi connectivity index (χ2n) is 29.1. The number of sulfone groups is 1. The Hall–Kier alpha value is -10.2. The number of esters is 2. The highest BCUT2D eigenvalue weighted by molar-refractivity contribution is 7.99. The molecule has 4 aromatic heterocycles. The number of aliphatic carboxylic acids is 1. The highest BCUT2D eigenvalue weighted by atomic mass is 32.2. The van der Waals surface area contributed by atoms with E-state index in [1.54, 1.807) is 85.3 Å². The van der Waals surface area contributed by atoms with Crippen LogP contribution < -0.4 is 9.47 Å². The van der Waals surface area contributed by atoms with Crippen LogP contribution in [0.3, 0.4) is 0 Å². The molecule has 0 spiro atoms. The van der Waals surface area contributed by atoms with Crippen LogP contribution in [-0.2, 0) is 63.0 Å². The van der Waals surface area contributed by atoms with Crippen molar-refractivity contribution in [1.29, 1.82) is 0 Å². The summed E-state index contributed by atoms with van der Waals surface area (Å²) >= 11 is 1.56. The zero-order valence-corrected chi connectivity index (χ0v) is 65.0. The van der Waals surface area contributed by atoms with Crippen molar-refractivity contribution < 1.29 is 72.8 Å². The molecule has 2 atom stereocenters. The lowest BCUT2D eigenvalue weighted by atomic mass is 9.87. The molecule has 25 heteroatoms. The molecule has 0 fully saturated rings. The van der Waals surface area contributed by atoms with Crippen LogP contribution in [0.25, 0.3) is 50.4 Å². The van der Waals surface area contributed by atoms with E-state index in [2.05, 4.69) is 31.5 Å². The van der Waals surface area contributed by atoms with Crippen molar-refractivity contribution in [2.24, 2.45) is 10.8 Å². The van der Waals surface area contributed by atoms with Gasteiger partial charge in [0, 0.05) is 88.3 Å². The fraction of sp³-hybridized carbons (Fsp3) is 0.329. The number of hydrogen-bond donors (Lipinski definition) is 2. The molecular weight excluding hydrogens is 1470 g/mol. The Balaban J connectivity index is 0.000000227. The van der Waals surface area contributed by atoms with E-state index in [-0.39, 0.29) is 110 Å². The monoisotopic (exact) mass is 1560 g/mol. The number of rotatable bonds is 25. The maximum Gasteiger partial charge on any atom is 0.315 e. The van der Waals surface area contributed by atoms with Gasteiger partial charge in [-0.25, -0.2) is 38.4 Å². The molecule has 5 heterocycles. The smallest absolute Gasteiger partial charge is 0.315 e. The van der Waals surface area contributed by atoms with Gasteiger partial charge in [-0.3, -0.25) is 23.7 Å². The Labute approximate surface area is 642 Å². The van der Waals surface area contributed by atoms with Crippen molar-refractivity contribution >= 4 is 77.4 Å². The van der Waals surface area contributed by atoms with E-state index in [0.717, 1.165) is 56.5 Å². The van der Waals surface area contributed by atoms with E-state index >= 15 is 17.6 Å². The third-order valence-electron chi connectivity index (χ3n) is 19.5. The Bertz CT molecular complexity index is 5400. The van der Waals surface area contributed by atoms with E-state index in [9.17, 15) is 36.3 Å². The van der Waals surface area contributed by atoms with Crippen LogP contribution in [0.15, 0.2) is 182 Å². The van der Waals surface area contributed by atoms with Gasteiger partial charge in [0.1, 0.15) is 23.1 Å². The summed E-state index contributed by atoms with van der Waals surface area (Å²) in [6, 6.07) is 38.9. The zero-order valence-electron chi connectivity index (χ0n) is 62.5. The SMILES string of the molecule is C=Cc1c(Oc2ccc(F)c(-c3ccn(C(CCCC(C)(C)CSCC(=O)OCC)c4cccc(CCC(=O)OCC)c4)n3)c2)c(F)cc2c1ccn2S(=O)(=O)c1ccc(C)cc1.CC1(C)CCCC(c2cccc(CCC(=O)O)c2)n2ccc(n2)-c2cc(ccc2F)Oc2c(F)cc3[nH]ccc3c2CCS(=O)(=O)C1. The summed E-state index contributed by atoms with van der Waals surface area (Å²) in [4.78, 5) is 38.3. The molecule has 12 rings (SSSR count). The summed E-state index contributed by atoms with van der Waals surface area (Å²) in [5.74, 6) is -3.09. The lowest BCUT2D eigenvalue weighted by Crippen LogP contribution is -2.27. The van der Waals surface area contributed by atoms with Crippen molar-refractivity contribution in [2.45, 2.75) is 136 Å². The summed E-state index contributed by atoms with van der Waals surface area (Å²) in [6.07, 6.45) is 13.5. The van der Waals surface area contributed by atoms with Crippen molar-refractivity contribution in [2.75, 3.05) is 36.2 Å². The maximum atomic E-state index is 16.0. The number of aromatic nitrogens is 6. The van der Waals surface area contributed by atoms with Crippen LogP contribution in [0.1, 0.15) is 144 Å². The first-order valence-electron chi connectivity index (χ1n) is 36.6. The Morgan fingerprint density at radius 3 is 2.24 bits per heavy atom. The Morgan fingerprint density at radius 1 is 0.791 bits per heavy atom. The van der Waals surface area contributed by atoms with Crippen LogP contribution in [0, 0.1) is 41.0 Å². The van der Waals surface area contributed by atoms with Gasteiger partial charge in [-0.15, -0.1) is 11.8 Å². The average Bonchev–Trinajstić information content (AvgIpc) is 1.56. The molecule has 4 bridgehead atoms. The normalized spacial score (nSPS) is 14.8. The molecule has 2 N–H and O–H groups in total. The molecule has 0 amide bonds. The second kappa shape index (κ2) is 35.2. The number of thioether (sulfide) groups is 1. The number of carboxylic acids is 1. The van der Waals surface area contributed by atoms with Crippen LogP contribution in [0.2, 0.25) is 0 Å². The molecule has 0 aliphatic carbocycles. The average molecular weight is 1560 g/mol. The third kappa shape index (κ3) is 20.0. The minimum absolute atomic E-state index is 0.00479. The maximum absolute atomic E-state index is 16.0. The number of hydrogen-bond acceptors (Lipinski definition) is 14. The number of aryl methyl sites for hydroxylation is 4. The number of nitrogens with zero attached hydrogens (tertiary/aromatic N) is 5. The summed E-state index contributed by atoms with van der Waals surface area (Å²) in [5, 5.41) is 19.9. The van der Waals surface area contributed by atoms with Gasteiger partial charge in [0.2, 0.25) is 0 Å². The number of aromatic amines is 1. The molecule has 18 nitrogen and oxygen atoms in total. The fourth-order valence-electron chi connectivity index (χ4n) is 14.0. The van der Waals surface area contributed by atoms with Crippen LogP contribution in [-0.4, -0.2) is 105 Å². The first-order valence-corrected chi connectivity index (χ1v) is 41.0. The van der Waals surface area contributed by atoms with Gasteiger partial charge in [-0.2, -0.15) is 10.2 Å². The minimum atomic E-state index is -4.05. The summed E-state index contributed by atoms with van der Waals surface area (Å²) in [5.41, 5.74) is 6.31. The Kier molecular flexibility index (Phi) is 25.8. The molecule has 7 aromatic carbocycles. The fourth-order valence-corrected chi connectivity index (χ4v) is 18.4. The van der Waals surface area contributed by atoms with Crippen LogP contribution >= 0.6 is 11.8 Å².